The summed E-state index contributed by atoms with van der Waals surface area (Å²) in [6, 6.07) is 12.8. The van der Waals surface area contributed by atoms with Crippen LogP contribution in [0.3, 0.4) is 0 Å². The molecule has 0 aliphatic carbocycles. The van der Waals surface area contributed by atoms with Crippen molar-refractivity contribution in [2.75, 3.05) is 5.32 Å². The van der Waals surface area contributed by atoms with E-state index in [0.29, 0.717) is 5.56 Å². The molecule has 2 aromatic carbocycles. The lowest BCUT2D eigenvalue weighted by Crippen LogP contribution is -2.56. The molecule has 1 atom stereocenters. The minimum Gasteiger partial charge on any atom is -0.339 e. The van der Waals surface area contributed by atoms with Crippen molar-refractivity contribution in [1.29, 1.82) is 0 Å². The molecule has 144 valence electrons. The largest absolute Gasteiger partial charge is 0.339 e. The summed E-state index contributed by atoms with van der Waals surface area (Å²) in [7, 11) is 0. The number of carbonyl (C=O) groups excluding carboxylic acids is 1. The molecule has 1 amide bonds. The van der Waals surface area contributed by atoms with E-state index in [4.69, 9.17) is 47.0 Å². The Bertz CT molecular complexity index is 858. The Balaban J connectivity index is 2.11. The monoisotopic (exact) mass is 507 g/mol. The zero-order valence-corrected chi connectivity index (χ0v) is 19.1. The smallest absolute Gasteiger partial charge is 0.253 e. The molecule has 0 aliphatic heterocycles. The first-order valence-corrected chi connectivity index (χ1v) is 10.2. The summed E-state index contributed by atoms with van der Waals surface area (Å²) >= 11 is 26.7. The van der Waals surface area contributed by atoms with E-state index in [0.717, 1.165) is 21.3 Å². The number of carbonyl (C=O) groups is 1. The summed E-state index contributed by atoms with van der Waals surface area (Å²) in [4.78, 5) is 12.5. The minimum absolute atomic E-state index is 0.217. The number of thiocarbonyl (C=S) groups is 1. The van der Waals surface area contributed by atoms with Crippen molar-refractivity contribution in [3.63, 3.8) is 0 Å². The zero-order valence-electron chi connectivity index (χ0n) is 14.4. The van der Waals surface area contributed by atoms with Crippen LogP contribution in [-0.4, -0.2) is 21.0 Å². The van der Waals surface area contributed by atoms with Gasteiger partial charge in [0.1, 0.15) is 6.17 Å². The van der Waals surface area contributed by atoms with Crippen molar-refractivity contribution in [2.45, 2.75) is 23.8 Å². The molecule has 4 nitrogen and oxygen atoms in total. The third kappa shape index (κ3) is 6.80. The van der Waals surface area contributed by atoms with E-state index in [1.807, 2.05) is 38.1 Å². The number of nitrogens with one attached hydrogen (secondary N) is 3. The maximum absolute atomic E-state index is 12.5. The van der Waals surface area contributed by atoms with Gasteiger partial charge in [-0.1, -0.05) is 68.9 Å². The van der Waals surface area contributed by atoms with E-state index in [2.05, 4.69) is 31.9 Å². The van der Waals surface area contributed by atoms with Crippen molar-refractivity contribution in [2.24, 2.45) is 0 Å². The minimum atomic E-state index is -1.82. The molecule has 0 aliphatic rings. The third-order valence-electron chi connectivity index (χ3n) is 3.61. The van der Waals surface area contributed by atoms with E-state index in [1.165, 1.54) is 0 Å². The number of rotatable bonds is 4. The molecular weight excluding hydrogens is 493 g/mol. The van der Waals surface area contributed by atoms with Crippen LogP contribution in [0.4, 0.5) is 5.69 Å². The highest BCUT2D eigenvalue weighted by molar-refractivity contribution is 9.10. The maximum atomic E-state index is 12.5. The average molecular weight is 510 g/mol. The Morgan fingerprint density at radius 3 is 2.44 bits per heavy atom. The molecule has 27 heavy (non-hydrogen) atoms. The number of amides is 1. The van der Waals surface area contributed by atoms with Crippen LogP contribution in [0.2, 0.25) is 0 Å². The number of benzene rings is 2. The summed E-state index contributed by atoms with van der Waals surface area (Å²) < 4.78 is -1.06. The van der Waals surface area contributed by atoms with Crippen LogP contribution in [0, 0.1) is 13.8 Å². The van der Waals surface area contributed by atoms with Crippen molar-refractivity contribution in [3.8, 4) is 0 Å². The summed E-state index contributed by atoms with van der Waals surface area (Å²) in [5.41, 5.74) is 3.33. The van der Waals surface area contributed by atoms with Crippen LogP contribution in [0.1, 0.15) is 21.5 Å². The Morgan fingerprint density at radius 1 is 1.11 bits per heavy atom. The van der Waals surface area contributed by atoms with Gasteiger partial charge in [0.15, 0.2) is 5.11 Å². The van der Waals surface area contributed by atoms with E-state index in [9.17, 15) is 4.79 Å². The van der Waals surface area contributed by atoms with Crippen molar-refractivity contribution < 1.29 is 4.79 Å². The van der Waals surface area contributed by atoms with Gasteiger partial charge in [-0.3, -0.25) is 4.79 Å². The first-order valence-electron chi connectivity index (χ1n) is 7.84. The van der Waals surface area contributed by atoms with Gasteiger partial charge in [-0.25, -0.2) is 0 Å². The molecule has 3 N–H and O–H groups in total. The van der Waals surface area contributed by atoms with Crippen molar-refractivity contribution in [3.05, 3.63) is 63.6 Å². The summed E-state index contributed by atoms with van der Waals surface area (Å²) in [6.45, 7) is 3.93. The predicted molar refractivity (Wildman–Crippen MR) is 121 cm³/mol. The lowest BCUT2D eigenvalue weighted by molar-refractivity contribution is 0.0934. The van der Waals surface area contributed by atoms with Gasteiger partial charge in [0.25, 0.3) is 5.91 Å². The highest BCUT2D eigenvalue weighted by Crippen LogP contribution is 2.29. The molecule has 0 aromatic heterocycles. The van der Waals surface area contributed by atoms with Gasteiger partial charge >= 0.3 is 0 Å². The van der Waals surface area contributed by atoms with Crippen LogP contribution >= 0.6 is 63.0 Å². The second-order valence-electron chi connectivity index (χ2n) is 5.88. The number of aryl methyl sites for hydroxylation is 2. The predicted octanol–water partition coefficient (Wildman–Crippen LogP) is 5.48. The van der Waals surface area contributed by atoms with E-state index in [-0.39, 0.29) is 5.11 Å². The highest BCUT2D eigenvalue weighted by Gasteiger charge is 2.35. The lowest BCUT2D eigenvalue weighted by atomic mass is 10.1. The Morgan fingerprint density at radius 2 is 1.81 bits per heavy atom. The molecule has 0 bridgehead atoms. The van der Waals surface area contributed by atoms with Crippen LogP contribution in [0.5, 0.6) is 0 Å². The maximum Gasteiger partial charge on any atom is 0.253 e. The molecule has 1 unspecified atom stereocenters. The summed E-state index contributed by atoms with van der Waals surface area (Å²) in [5.74, 6) is -0.408. The van der Waals surface area contributed by atoms with Gasteiger partial charge < -0.3 is 16.0 Å². The standard InChI is InChI=1S/C18H17BrCl3N3OS/c1-10-6-7-11(2)14(8-10)23-17(27)25-16(18(20,21)22)24-15(26)12-4-3-5-13(19)9-12/h3-9,16H,1-2H3,(H,24,26)(H2,23,25,27). The Hall–Kier alpha value is -1.05. The highest BCUT2D eigenvalue weighted by atomic mass is 79.9. The van der Waals surface area contributed by atoms with Crippen LogP contribution in [0.25, 0.3) is 0 Å². The number of hydrogen-bond acceptors (Lipinski definition) is 2. The molecule has 0 fully saturated rings. The normalized spacial score (nSPS) is 12.2. The van der Waals surface area contributed by atoms with Crippen molar-refractivity contribution in [1.82, 2.24) is 10.6 Å². The number of halogens is 4. The fourth-order valence-corrected chi connectivity index (χ4v) is 3.16. The van der Waals surface area contributed by atoms with Gasteiger partial charge in [-0.2, -0.15) is 0 Å². The topological polar surface area (TPSA) is 53.2 Å². The zero-order chi connectivity index (χ0) is 20.2. The van der Waals surface area contributed by atoms with E-state index < -0.39 is 15.9 Å². The van der Waals surface area contributed by atoms with Gasteiger partial charge in [-0.05, 0) is 61.5 Å². The van der Waals surface area contributed by atoms with Crippen LogP contribution in [-0.2, 0) is 0 Å². The fraction of sp³-hybridized carbons (Fsp3) is 0.222. The molecule has 9 heteroatoms. The molecular formula is C18H17BrCl3N3OS. The Kier molecular flexibility index (Phi) is 7.77. The third-order valence-corrected chi connectivity index (χ3v) is 4.97. The average Bonchev–Trinajstić information content (AvgIpc) is 2.56. The molecule has 0 spiro atoms. The number of alkyl halides is 3. The summed E-state index contributed by atoms with van der Waals surface area (Å²) in [5, 5.41) is 8.78. The first-order chi connectivity index (χ1) is 12.6. The van der Waals surface area contributed by atoms with E-state index in [1.54, 1.807) is 18.2 Å². The van der Waals surface area contributed by atoms with E-state index >= 15 is 0 Å². The van der Waals surface area contributed by atoms with Gasteiger partial charge in [0, 0.05) is 15.7 Å². The molecule has 0 radical (unpaired) electrons. The van der Waals surface area contributed by atoms with Crippen LogP contribution in [0.15, 0.2) is 46.9 Å². The first kappa shape index (κ1) is 22.2. The fourth-order valence-electron chi connectivity index (χ4n) is 2.20. The molecule has 0 heterocycles. The SMILES string of the molecule is Cc1ccc(C)c(NC(=S)NC(NC(=O)c2cccc(Br)c2)C(Cl)(Cl)Cl)c1. The van der Waals surface area contributed by atoms with Crippen molar-refractivity contribution >= 4 is 79.7 Å². The Labute approximate surface area is 187 Å². The van der Waals surface area contributed by atoms with Gasteiger partial charge in [0.2, 0.25) is 3.79 Å². The molecule has 2 rings (SSSR count). The number of hydrogen-bond donors (Lipinski definition) is 3. The van der Waals surface area contributed by atoms with Crippen LogP contribution < -0.4 is 16.0 Å². The number of anilines is 1. The molecule has 2 aromatic rings. The quantitative estimate of drug-likeness (QED) is 0.290. The molecule has 0 saturated carbocycles. The second-order valence-corrected chi connectivity index (χ2v) is 9.57. The second kappa shape index (κ2) is 9.43. The lowest BCUT2D eigenvalue weighted by Gasteiger charge is -2.28. The van der Waals surface area contributed by atoms with Gasteiger partial charge in [0.05, 0.1) is 0 Å². The summed E-state index contributed by atoms with van der Waals surface area (Å²) in [6.07, 6.45) is -1.04. The molecule has 0 saturated heterocycles. The van der Waals surface area contributed by atoms with Gasteiger partial charge in [-0.15, -0.1) is 0 Å².